The predicted molar refractivity (Wildman–Crippen MR) is 105 cm³/mol. The van der Waals surface area contributed by atoms with Crippen LogP contribution in [0.2, 0.25) is 0 Å². The lowest BCUT2D eigenvalue weighted by atomic mass is 10.00. The zero-order valence-electron chi connectivity index (χ0n) is 15.7. The Kier molecular flexibility index (Phi) is 7.86. The predicted octanol–water partition coefficient (Wildman–Crippen LogP) is 5.02. The molecule has 0 aliphatic carbocycles. The summed E-state index contributed by atoms with van der Waals surface area (Å²) in [6, 6.07) is 13.6. The Morgan fingerprint density at radius 3 is 1.68 bits per heavy atom. The van der Waals surface area contributed by atoms with Gasteiger partial charge in [0.15, 0.2) is 5.78 Å². The SMILES string of the molecule is CC(C)C.CC(C)C(=O)c1ccc(C(=O)Nc2ccc(N)cc2)cc1. The Balaban J connectivity index is 0.000000705. The van der Waals surface area contributed by atoms with E-state index in [0.717, 1.165) is 5.92 Å². The number of Topliss-reactive ketones (excluding diaryl/α,β-unsaturated/α-hetero) is 1. The molecule has 2 rings (SSSR count). The summed E-state index contributed by atoms with van der Waals surface area (Å²) in [7, 11) is 0. The fourth-order valence-corrected chi connectivity index (χ4v) is 1.89. The van der Waals surface area contributed by atoms with E-state index in [1.165, 1.54) is 0 Å². The molecule has 4 heteroatoms. The van der Waals surface area contributed by atoms with Crippen molar-refractivity contribution in [2.45, 2.75) is 34.6 Å². The molecule has 0 aliphatic heterocycles. The van der Waals surface area contributed by atoms with E-state index in [2.05, 4.69) is 26.1 Å². The first-order chi connectivity index (χ1) is 11.7. The normalized spacial score (nSPS) is 10.2. The van der Waals surface area contributed by atoms with Gasteiger partial charge in [0.1, 0.15) is 0 Å². The largest absolute Gasteiger partial charge is 0.399 e. The maximum atomic E-state index is 12.1. The second-order valence-electron chi connectivity index (χ2n) is 6.90. The minimum absolute atomic E-state index is 0.0561. The highest BCUT2D eigenvalue weighted by Gasteiger charge is 2.11. The van der Waals surface area contributed by atoms with Gasteiger partial charge in [0.2, 0.25) is 0 Å². The third-order valence-electron chi connectivity index (χ3n) is 3.12. The van der Waals surface area contributed by atoms with Crippen molar-refractivity contribution < 1.29 is 9.59 Å². The van der Waals surface area contributed by atoms with Crippen LogP contribution in [-0.4, -0.2) is 11.7 Å². The molecule has 2 aromatic carbocycles. The van der Waals surface area contributed by atoms with Crippen LogP contribution in [0.4, 0.5) is 11.4 Å². The molecular weight excluding hydrogens is 312 g/mol. The number of nitrogens with two attached hydrogens (primary N) is 1. The average Bonchev–Trinajstić information content (AvgIpc) is 2.56. The van der Waals surface area contributed by atoms with E-state index >= 15 is 0 Å². The summed E-state index contributed by atoms with van der Waals surface area (Å²) in [4.78, 5) is 23.9. The van der Waals surface area contributed by atoms with Crippen molar-refractivity contribution in [2.75, 3.05) is 11.1 Å². The van der Waals surface area contributed by atoms with E-state index in [4.69, 9.17) is 5.73 Å². The van der Waals surface area contributed by atoms with Gasteiger partial charge >= 0.3 is 0 Å². The van der Waals surface area contributed by atoms with Crippen LogP contribution in [0.3, 0.4) is 0 Å². The monoisotopic (exact) mass is 340 g/mol. The topological polar surface area (TPSA) is 72.2 Å². The van der Waals surface area contributed by atoms with Crippen LogP contribution in [0.5, 0.6) is 0 Å². The highest BCUT2D eigenvalue weighted by molar-refractivity contribution is 6.05. The highest BCUT2D eigenvalue weighted by Crippen LogP contribution is 2.14. The molecule has 1 amide bonds. The number of carbonyl (C=O) groups is 2. The summed E-state index contributed by atoms with van der Waals surface area (Å²) in [6.45, 7) is 10.2. The summed E-state index contributed by atoms with van der Waals surface area (Å²) in [5.74, 6) is 0.628. The Morgan fingerprint density at radius 2 is 1.24 bits per heavy atom. The Labute approximate surface area is 150 Å². The zero-order valence-corrected chi connectivity index (χ0v) is 15.7. The fraction of sp³-hybridized carbons (Fsp3) is 0.333. The molecule has 0 aromatic heterocycles. The molecule has 0 bridgehead atoms. The van der Waals surface area contributed by atoms with Gasteiger partial charge in [0, 0.05) is 28.4 Å². The van der Waals surface area contributed by atoms with Crippen molar-refractivity contribution in [3.05, 3.63) is 59.7 Å². The lowest BCUT2D eigenvalue weighted by molar-refractivity contribution is 0.0938. The Bertz CT molecular complexity index is 684. The first kappa shape index (κ1) is 20.4. The van der Waals surface area contributed by atoms with Crippen molar-refractivity contribution in [3.8, 4) is 0 Å². The number of hydrogen-bond donors (Lipinski definition) is 2. The first-order valence-electron chi connectivity index (χ1n) is 8.52. The molecule has 4 nitrogen and oxygen atoms in total. The summed E-state index contributed by atoms with van der Waals surface area (Å²) in [6.07, 6.45) is 0. The van der Waals surface area contributed by atoms with Gasteiger partial charge in [-0.3, -0.25) is 9.59 Å². The number of hydrogen-bond acceptors (Lipinski definition) is 3. The molecule has 3 N–H and O–H groups in total. The number of ketones is 1. The summed E-state index contributed by atoms with van der Waals surface area (Å²) in [5, 5.41) is 2.78. The maximum absolute atomic E-state index is 12.1. The maximum Gasteiger partial charge on any atom is 0.255 e. The molecule has 0 aliphatic rings. The second kappa shape index (κ2) is 9.62. The summed E-state index contributed by atoms with van der Waals surface area (Å²) in [5.41, 5.74) is 8.04. The van der Waals surface area contributed by atoms with Gasteiger partial charge in [0.05, 0.1) is 0 Å². The molecule has 2 aromatic rings. The van der Waals surface area contributed by atoms with Crippen LogP contribution >= 0.6 is 0 Å². The van der Waals surface area contributed by atoms with E-state index in [1.807, 2.05) is 13.8 Å². The van der Waals surface area contributed by atoms with Gasteiger partial charge in [-0.25, -0.2) is 0 Å². The van der Waals surface area contributed by atoms with Crippen LogP contribution in [0, 0.1) is 11.8 Å². The molecule has 0 unspecified atom stereocenters. The van der Waals surface area contributed by atoms with Gasteiger partial charge in [-0.2, -0.15) is 0 Å². The van der Waals surface area contributed by atoms with Gasteiger partial charge in [0.25, 0.3) is 5.91 Å². The van der Waals surface area contributed by atoms with E-state index < -0.39 is 0 Å². The highest BCUT2D eigenvalue weighted by atomic mass is 16.1. The van der Waals surface area contributed by atoms with Crippen LogP contribution in [0.15, 0.2) is 48.5 Å². The fourth-order valence-electron chi connectivity index (χ4n) is 1.89. The van der Waals surface area contributed by atoms with Crippen LogP contribution in [0.1, 0.15) is 55.3 Å². The average molecular weight is 340 g/mol. The van der Waals surface area contributed by atoms with Gasteiger partial charge in [-0.15, -0.1) is 0 Å². The molecule has 0 spiro atoms. The third kappa shape index (κ3) is 7.21. The molecule has 0 radical (unpaired) electrons. The number of anilines is 2. The third-order valence-corrected chi connectivity index (χ3v) is 3.12. The van der Waals surface area contributed by atoms with Crippen molar-refractivity contribution in [1.82, 2.24) is 0 Å². The van der Waals surface area contributed by atoms with Crippen molar-refractivity contribution in [2.24, 2.45) is 11.8 Å². The number of nitrogens with one attached hydrogen (secondary N) is 1. The lowest BCUT2D eigenvalue weighted by Gasteiger charge is -2.07. The zero-order chi connectivity index (χ0) is 19.0. The summed E-state index contributed by atoms with van der Waals surface area (Å²) < 4.78 is 0. The standard InChI is InChI=1S/C17H18N2O2.C4H10/c1-11(2)16(20)12-3-5-13(6-4-12)17(21)19-15-9-7-14(18)8-10-15;1-4(2)3/h3-11H,18H2,1-2H3,(H,19,21);4H,1-3H3. The molecule has 0 saturated carbocycles. The number of nitrogen functional groups attached to an aromatic ring is 1. The van der Waals surface area contributed by atoms with Crippen LogP contribution in [-0.2, 0) is 0 Å². The molecule has 0 saturated heterocycles. The summed E-state index contributed by atoms with van der Waals surface area (Å²) >= 11 is 0. The molecule has 0 heterocycles. The van der Waals surface area contributed by atoms with Gasteiger partial charge in [-0.1, -0.05) is 46.8 Å². The molecule has 134 valence electrons. The minimum atomic E-state index is -0.219. The molecule has 25 heavy (non-hydrogen) atoms. The number of rotatable bonds is 4. The first-order valence-corrected chi connectivity index (χ1v) is 8.52. The van der Waals surface area contributed by atoms with Gasteiger partial charge in [-0.05, 0) is 42.3 Å². The van der Waals surface area contributed by atoms with Crippen molar-refractivity contribution >= 4 is 23.1 Å². The quantitative estimate of drug-likeness (QED) is 0.606. The number of amides is 1. The van der Waals surface area contributed by atoms with E-state index in [0.29, 0.717) is 22.5 Å². The molecule has 0 fully saturated rings. The second-order valence-corrected chi connectivity index (χ2v) is 6.90. The molecular formula is C21H28N2O2. The van der Waals surface area contributed by atoms with Gasteiger partial charge < -0.3 is 11.1 Å². The Morgan fingerprint density at radius 1 is 0.800 bits per heavy atom. The minimum Gasteiger partial charge on any atom is -0.399 e. The smallest absolute Gasteiger partial charge is 0.255 e. The van der Waals surface area contributed by atoms with Crippen LogP contribution < -0.4 is 11.1 Å². The van der Waals surface area contributed by atoms with E-state index in [9.17, 15) is 9.59 Å². The van der Waals surface area contributed by atoms with E-state index in [1.54, 1.807) is 48.5 Å². The Hall–Kier alpha value is -2.62. The van der Waals surface area contributed by atoms with Crippen LogP contribution in [0.25, 0.3) is 0 Å². The van der Waals surface area contributed by atoms with E-state index in [-0.39, 0.29) is 17.6 Å². The van der Waals surface area contributed by atoms with Crippen molar-refractivity contribution in [1.29, 1.82) is 0 Å². The van der Waals surface area contributed by atoms with Crippen molar-refractivity contribution in [3.63, 3.8) is 0 Å². The number of benzene rings is 2. The molecule has 0 atom stereocenters. The lowest BCUT2D eigenvalue weighted by Crippen LogP contribution is -2.13. The number of carbonyl (C=O) groups excluding carboxylic acids is 2.